The van der Waals surface area contributed by atoms with Gasteiger partial charge in [0.2, 0.25) is 6.79 Å². The van der Waals surface area contributed by atoms with E-state index in [1.54, 1.807) is 30.3 Å². The molecule has 0 spiro atoms. The summed E-state index contributed by atoms with van der Waals surface area (Å²) >= 11 is 0. The van der Waals surface area contributed by atoms with Gasteiger partial charge in [0.05, 0.1) is 0 Å². The lowest BCUT2D eigenvalue weighted by molar-refractivity contribution is -0.118. The molecular formula is C29H31N3O5. The molecule has 0 atom stereocenters. The molecule has 1 aliphatic carbocycles. The zero-order valence-electron chi connectivity index (χ0n) is 20.6. The lowest BCUT2D eigenvalue weighted by Crippen LogP contribution is -2.43. The van der Waals surface area contributed by atoms with Crippen molar-refractivity contribution in [1.82, 2.24) is 4.90 Å². The smallest absolute Gasteiger partial charge is 0.262 e. The number of ether oxygens (including phenoxy) is 3. The first-order valence-corrected chi connectivity index (χ1v) is 12.6. The molecule has 0 radical (unpaired) electrons. The molecule has 1 fully saturated rings. The van der Waals surface area contributed by atoms with Gasteiger partial charge in [0.25, 0.3) is 11.8 Å². The van der Waals surface area contributed by atoms with Crippen LogP contribution in [0.2, 0.25) is 0 Å². The summed E-state index contributed by atoms with van der Waals surface area (Å²) in [5.41, 5.74) is 8.27. The molecule has 0 saturated heterocycles. The Hall–Kier alpha value is -4.04. The van der Waals surface area contributed by atoms with Crippen LogP contribution in [0.25, 0.3) is 0 Å². The minimum absolute atomic E-state index is 0.0653. The number of anilines is 1. The summed E-state index contributed by atoms with van der Waals surface area (Å²) in [7, 11) is 0. The van der Waals surface area contributed by atoms with Gasteiger partial charge < -0.3 is 30.2 Å². The summed E-state index contributed by atoms with van der Waals surface area (Å²) in [6.07, 6.45) is 3.47. The Balaban J connectivity index is 1.29. The number of carbonyl (C=O) groups excluding carboxylic acids is 2. The predicted octanol–water partition coefficient (Wildman–Crippen LogP) is 4.35. The van der Waals surface area contributed by atoms with E-state index in [0.29, 0.717) is 35.0 Å². The lowest BCUT2D eigenvalue weighted by atomic mass is 9.90. The number of nitrogens with zero attached hydrogens (tertiary/aromatic N) is 1. The van der Waals surface area contributed by atoms with Crippen molar-refractivity contribution in [3.8, 4) is 17.2 Å². The van der Waals surface area contributed by atoms with Gasteiger partial charge in [0.1, 0.15) is 5.75 Å². The first-order chi connectivity index (χ1) is 18.0. The number of para-hydroxylation sites is 1. The van der Waals surface area contributed by atoms with Gasteiger partial charge in [-0.1, -0.05) is 30.3 Å². The van der Waals surface area contributed by atoms with Gasteiger partial charge in [-0.05, 0) is 73.7 Å². The van der Waals surface area contributed by atoms with Crippen molar-refractivity contribution in [2.45, 2.75) is 44.3 Å². The fourth-order valence-corrected chi connectivity index (χ4v) is 4.78. The van der Waals surface area contributed by atoms with Crippen molar-refractivity contribution in [2.24, 2.45) is 5.73 Å². The van der Waals surface area contributed by atoms with Crippen molar-refractivity contribution in [3.63, 3.8) is 0 Å². The number of amides is 2. The van der Waals surface area contributed by atoms with E-state index in [4.69, 9.17) is 19.9 Å². The number of benzene rings is 3. The average Bonchev–Trinajstić information content (AvgIpc) is 3.40. The van der Waals surface area contributed by atoms with Crippen LogP contribution in [0.3, 0.4) is 0 Å². The van der Waals surface area contributed by atoms with Crippen LogP contribution >= 0.6 is 0 Å². The van der Waals surface area contributed by atoms with Crippen LogP contribution in [0, 0.1) is 0 Å². The molecule has 2 aliphatic rings. The molecule has 3 aromatic rings. The maximum atomic E-state index is 13.7. The highest BCUT2D eigenvalue weighted by Gasteiger charge is 2.29. The molecule has 37 heavy (non-hydrogen) atoms. The Morgan fingerprint density at radius 3 is 2.51 bits per heavy atom. The summed E-state index contributed by atoms with van der Waals surface area (Å²) in [6.45, 7) is 0.481. The highest BCUT2D eigenvalue weighted by atomic mass is 16.7. The number of hydrogen-bond donors (Lipinski definition) is 2. The molecule has 8 nitrogen and oxygen atoms in total. The zero-order chi connectivity index (χ0) is 25.6. The highest BCUT2D eigenvalue weighted by molar-refractivity contribution is 5.95. The molecule has 3 N–H and O–H groups in total. The van der Waals surface area contributed by atoms with Crippen molar-refractivity contribution in [1.29, 1.82) is 0 Å². The Labute approximate surface area is 216 Å². The normalized spacial score (nSPS) is 18.2. The Morgan fingerprint density at radius 1 is 0.919 bits per heavy atom. The second kappa shape index (κ2) is 11.3. The van der Waals surface area contributed by atoms with Gasteiger partial charge in [-0.15, -0.1) is 0 Å². The van der Waals surface area contributed by atoms with E-state index in [1.165, 1.54) is 0 Å². The number of hydrogen-bond acceptors (Lipinski definition) is 6. The van der Waals surface area contributed by atoms with Gasteiger partial charge in [-0.2, -0.15) is 0 Å². The molecule has 0 aromatic heterocycles. The topological polar surface area (TPSA) is 103 Å². The first kappa shape index (κ1) is 24.6. The van der Waals surface area contributed by atoms with E-state index in [0.717, 1.165) is 31.2 Å². The standard InChI is InChI=1S/C29H31N3O5/c30-22-10-12-24(13-11-22)32(29(34)21-9-14-26-27(16-21)37-19-36-26)17-20-5-4-6-23(15-20)31-28(33)18-35-25-7-2-1-3-8-25/h1-9,14-16,22,24H,10-13,17-19,30H2,(H,31,33). The van der Waals surface area contributed by atoms with Crippen LogP contribution < -0.4 is 25.3 Å². The Kier molecular flexibility index (Phi) is 7.56. The molecule has 2 amide bonds. The lowest BCUT2D eigenvalue weighted by Gasteiger charge is -2.36. The maximum Gasteiger partial charge on any atom is 0.262 e. The van der Waals surface area contributed by atoms with E-state index in [2.05, 4.69) is 5.32 Å². The SMILES string of the molecule is NC1CCC(N(Cc2cccc(NC(=O)COc3ccccc3)c2)C(=O)c2ccc3c(c2)OCO3)CC1. The van der Waals surface area contributed by atoms with E-state index in [1.807, 2.05) is 47.4 Å². The molecule has 1 heterocycles. The van der Waals surface area contributed by atoms with E-state index in [-0.39, 0.29) is 37.3 Å². The molecular weight excluding hydrogens is 470 g/mol. The fourth-order valence-electron chi connectivity index (χ4n) is 4.78. The quantitative estimate of drug-likeness (QED) is 0.476. The van der Waals surface area contributed by atoms with E-state index in [9.17, 15) is 9.59 Å². The van der Waals surface area contributed by atoms with Gasteiger partial charge in [-0.25, -0.2) is 0 Å². The molecule has 0 bridgehead atoms. The summed E-state index contributed by atoms with van der Waals surface area (Å²) in [4.78, 5) is 28.1. The maximum absolute atomic E-state index is 13.7. The van der Waals surface area contributed by atoms with Crippen molar-refractivity contribution in [2.75, 3.05) is 18.7 Å². The third-order valence-corrected chi connectivity index (χ3v) is 6.74. The second-order valence-corrected chi connectivity index (χ2v) is 9.42. The summed E-state index contributed by atoms with van der Waals surface area (Å²) in [6, 6.07) is 22.3. The van der Waals surface area contributed by atoms with Crippen LogP contribution in [0.5, 0.6) is 17.2 Å². The molecule has 192 valence electrons. The number of fused-ring (bicyclic) bond motifs is 1. The number of nitrogens with two attached hydrogens (primary N) is 1. The highest BCUT2D eigenvalue weighted by Crippen LogP contribution is 2.34. The first-order valence-electron chi connectivity index (χ1n) is 12.6. The van der Waals surface area contributed by atoms with E-state index < -0.39 is 0 Å². The van der Waals surface area contributed by atoms with Crippen molar-refractivity contribution < 1.29 is 23.8 Å². The van der Waals surface area contributed by atoms with Crippen LogP contribution in [0.1, 0.15) is 41.6 Å². The molecule has 3 aromatic carbocycles. The van der Waals surface area contributed by atoms with Crippen LogP contribution in [-0.4, -0.2) is 42.2 Å². The Bertz CT molecular complexity index is 1240. The average molecular weight is 502 g/mol. The third kappa shape index (κ3) is 6.21. The van der Waals surface area contributed by atoms with Crippen LogP contribution in [0.15, 0.2) is 72.8 Å². The minimum atomic E-state index is -0.254. The summed E-state index contributed by atoms with van der Waals surface area (Å²) in [5, 5.41) is 2.89. The monoisotopic (exact) mass is 501 g/mol. The number of nitrogens with one attached hydrogen (secondary N) is 1. The summed E-state index contributed by atoms with van der Waals surface area (Å²) < 4.78 is 16.4. The van der Waals surface area contributed by atoms with Gasteiger partial charge in [0.15, 0.2) is 18.1 Å². The Morgan fingerprint density at radius 2 is 1.70 bits per heavy atom. The van der Waals surface area contributed by atoms with Gasteiger partial charge in [0, 0.05) is 29.9 Å². The number of rotatable bonds is 8. The summed E-state index contributed by atoms with van der Waals surface area (Å²) in [5.74, 6) is 1.54. The molecule has 1 aliphatic heterocycles. The fraction of sp³-hybridized carbons (Fsp3) is 0.310. The molecule has 1 saturated carbocycles. The van der Waals surface area contributed by atoms with Crippen LogP contribution in [-0.2, 0) is 11.3 Å². The molecule has 8 heteroatoms. The number of carbonyl (C=O) groups is 2. The largest absolute Gasteiger partial charge is 0.484 e. The zero-order valence-corrected chi connectivity index (χ0v) is 20.6. The predicted molar refractivity (Wildman–Crippen MR) is 140 cm³/mol. The molecule has 5 rings (SSSR count). The van der Waals surface area contributed by atoms with Crippen molar-refractivity contribution in [3.05, 3.63) is 83.9 Å². The van der Waals surface area contributed by atoms with E-state index >= 15 is 0 Å². The van der Waals surface area contributed by atoms with Crippen LogP contribution in [0.4, 0.5) is 5.69 Å². The minimum Gasteiger partial charge on any atom is -0.484 e. The van der Waals surface area contributed by atoms with Gasteiger partial charge >= 0.3 is 0 Å². The third-order valence-electron chi connectivity index (χ3n) is 6.74. The van der Waals surface area contributed by atoms with Gasteiger partial charge in [-0.3, -0.25) is 9.59 Å². The van der Waals surface area contributed by atoms with Crippen molar-refractivity contribution >= 4 is 17.5 Å². The second-order valence-electron chi connectivity index (χ2n) is 9.42. The molecule has 0 unspecified atom stereocenters.